The number of nitrogens with zero attached hydrogens (tertiary/aromatic N) is 4. The SMILES string of the molecule is Cc1cccc(NC(=O)N2CCCC(C(=O)NC(Cn3cncn3)c3ccccc3)C2)c1. The molecule has 32 heavy (non-hydrogen) atoms. The summed E-state index contributed by atoms with van der Waals surface area (Å²) in [5.74, 6) is -0.305. The largest absolute Gasteiger partial charge is 0.347 e. The van der Waals surface area contributed by atoms with Gasteiger partial charge in [0.1, 0.15) is 12.7 Å². The van der Waals surface area contributed by atoms with Crippen molar-refractivity contribution in [3.8, 4) is 0 Å². The van der Waals surface area contributed by atoms with Crippen molar-refractivity contribution in [3.63, 3.8) is 0 Å². The van der Waals surface area contributed by atoms with Crippen molar-refractivity contribution in [3.05, 3.63) is 78.4 Å². The minimum Gasteiger partial charge on any atom is -0.347 e. The summed E-state index contributed by atoms with van der Waals surface area (Å²) < 4.78 is 1.71. The Hall–Kier alpha value is -3.68. The molecule has 8 nitrogen and oxygen atoms in total. The Bertz CT molecular complexity index is 1040. The number of aryl methyl sites for hydroxylation is 1. The van der Waals surface area contributed by atoms with Crippen LogP contribution in [0, 0.1) is 12.8 Å². The number of aromatic nitrogens is 3. The van der Waals surface area contributed by atoms with Gasteiger partial charge in [-0.15, -0.1) is 0 Å². The van der Waals surface area contributed by atoms with E-state index in [9.17, 15) is 9.59 Å². The molecule has 166 valence electrons. The quantitative estimate of drug-likeness (QED) is 0.625. The highest BCUT2D eigenvalue weighted by Crippen LogP contribution is 2.21. The molecule has 1 aliphatic heterocycles. The monoisotopic (exact) mass is 432 g/mol. The highest BCUT2D eigenvalue weighted by atomic mass is 16.2. The number of urea groups is 1. The number of carbonyl (C=O) groups excluding carboxylic acids is 2. The van der Waals surface area contributed by atoms with Crippen LogP contribution in [-0.4, -0.2) is 44.7 Å². The normalized spacial score (nSPS) is 16.9. The highest BCUT2D eigenvalue weighted by molar-refractivity contribution is 5.90. The Morgan fingerprint density at radius 3 is 2.75 bits per heavy atom. The first-order chi connectivity index (χ1) is 15.6. The number of hydrogen-bond donors (Lipinski definition) is 2. The molecule has 1 aliphatic rings. The lowest BCUT2D eigenvalue weighted by Crippen LogP contribution is -2.47. The van der Waals surface area contributed by atoms with Crippen LogP contribution in [0.25, 0.3) is 0 Å². The Morgan fingerprint density at radius 1 is 1.16 bits per heavy atom. The summed E-state index contributed by atoms with van der Waals surface area (Å²) in [5, 5.41) is 10.3. The summed E-state index contributed by atoms with van der Waals surface area (Å²) in [6.45, 7) is 3.51. The van der Waals surface area contributed by atoms with Gasteiger partial charge in [0.2, 0.25) is 5.91 Å². The molecule has 1 aromatic heterocycles. The number of benzene rings is 2. The van der Waals surface area contributed by atoms with E-state index >= 15 is 0 Å². The van der Waals surface area contributed by atoms with E-state index in [2.05, 4.69) is 20.7 Å². The number of nitrogens with one attached hydrogen (secondary N) is 2. The average molecular weight is 433 g/mol. The first-order valence-electron chi connectivity index (χ1n) is 10.9. The van der Waals surface area contributed by atoms with Gasteiger partial charge in [-0.3, -0.25) is 9.48 Å². The third-order valence-corrected chi connectivity index (χ3v) is 5.70. The fourth-order valence-electron chi connectivity index (χ4n) is 4.02. The number of likely N-dealkylation sites (tertiary alicyclic amines) is 1. The van der Waals surface area contributed by atoms with Crippen LogP contribution in [-0.2, 0) is 11.3 Å². The van der Waals surface area contributed by atoms with Crippen molar-refractivity contribution in [2.75, 3.05) is 18.4 Å². The second-order valence-electron chi connectivity index (χ2n) is 8.17. The summed E-state index contributed by atoms with van der Waals surface area (Å²) in [6.07, 6.45) is 4.67. The molecular weight excluding hydrogens is 404 g/mol. The topological polar surface area (TPSA) is 92.2 Å². The highest BCUT2D eigenvalue weighted by Gasteiger charge is 2.30. The number of anilines is 1. The molecule has 3 aromatic rings. The van der Waals surface area contributed by atoms with Gasteiger partial charge in [-0.05, 0) is 43.0 Å². The Balaban J connectivity index is 1.40. The van der Waals surface area contributed by atoms with Crippen LogP contribution in [0.3, 0.4) is 0 Å². The van der Waals surface area contributed by atoms with E-state index in [4.69, 9.17) is 0 Å². The van der Waals surface area contributed by atoms with Crippen molar-refractivity contribution < 1.29 is 9.59 Å². The van der Waals surface area contributed by atoms with Gasteiger partial charge in [0.05, 0.1) is 18.5 Å². The van der Waals surface area contributed by atoms with Crippen LogP contribution in [0.15, 0.2) is 67.3 Å². The Morgan fingerprint density at radius 2 is 2.00 bits per heavy atom. The third-order valence-electron chi connectivity index (χ3n) is 5.70. The average Bonchev–Trinajstić information content (AvgIpc) is 3.32. The molecule has 0 radical (unpaired) electrons. The predicted octanol–water partition coefficient (Wildman–Crippen LogP) is 3.39. The molecule has 2 unspecified atom stereocenters. The van der Waals surface area contributed by atoms with Gasteiger partial charge >= 0.3 is 6.03 Å². The summed E-state index contributed by atoms with van der Waals surface area (Å²) in [6, 6.07) is 17.1. The van der Waals surface area contributed by atoms with Gasteiger partial charge < -0.3 is 15.5 Å². The maximum atomic E-state index is 13.2. The minimum absolute atomic E-state index is 0.0491. The third kappa shape index (κ3) is 5.51. The molecule has 2 aromatic carbocycles. The molecule has 0 aliphatic carbocycles. The van der Waals surface area contributed by atoms with Crippen LogP contribution in [0.2, 0.25) is 0 Å². The zero-order valence-electron chi connectivity index (χ0n) is 18.1. The molecular formula is C24H28N6O2. The molecule has 2 atom stereocenters. The Kier molecular flexibility index (Phi) is 6.79. The number of rotatable bonds is 6. The molecule has 0 spiro atoms. The second-order valence-corrected chi connectivity index (χ2v) is 8.17. The van der Waals surface area contributed by atoms with E-state index in [0.29, 0.717) is 19.6 Å². The lowest BCUT2D eigenvalue weighted by Gasteiger charge is -2.33. The van der Waals surface area contributed by atoms with Crippen molar-refractivity contribution in [2.45, 2.75) is 32.4 Å². The van der Waals surface area contributed by atoms with Crippen LogP contribution < -0.4 is 10.6 Å². The van der Waals surface area contributed by atoms with E-state index in [1.54, 1.807) is 15.9 Å². The van der Waals surface area contributed by atoms with E-state index in [1.807, 2.05) is 61.5 Å². The first kappa shape index (κ1) is 21.5. The van der Waals surface area contributed by atoms with Crippen LogP contribution in [0.1, 0.15) is 30.0 Å². The number of piperidine rings is 1. The summed E-state index contributed by atoms with van der Waals surface area (Å²) in [5.41, 5.74) is 2.85. The molecule has 2 N–H and O–H groups in total. The van der Waals surface area contributed by atoms with Crippen LogP contribution in [0.5, 0.6) is 0 Å². The predicted molar refractivity (Wildman–Crippen MR) is 122 cm³/mol. The van der Waals surface area contributed by atoms with Gasteiger partial charge in [-0.2, -0.15) is 5.10 Å². The van der Waals surface area contributed by atoms with E-state index in [0.717, 1.165) is 29.7 Å². The van der Waals surface area contributed by atoms with E-state index < -0.39 is 0 Å². The Labute approximate surface area is 187 Å². The zero-order valence-corrected chi connectivity index (χ0v) is 18.1. The van der Waals surface area contributed by atoms with Gasteiger partial charge in [-0.25, -0.2) is 9.78 Å². The second kappa shape index (κ2) is 10.1. The number of hydrogen-bond acceptors (Lipinski definition) is 4. The standard InChI is InChI=1S/C24H28N6O2/c1-18-7-5-11-21(13-18)27-24(32)29-12-6-10-20(14-29)23(31)28-22(15-30-17-25-16-26-30)19-8-3-2-4-9-19/h2-5,7-9,11,13,16-17,20,22H,6,10,12,14-15H2,1H3,(H,27,32)(H,28,31). The lowest BCUT2D eigenvalue weighted by molar-refractivity contribution is -0.127. The summed E-state index contributed by atoms with van der Waals surface area (Å²) >= 11 is 0. The van der Waals surface area contributed by atoms with E-state index in [-0.39, 0.29) is 23.9 Å². The summed E-state index contributed by atoms with van der Waals surface area (Å²) in [7, 11) is 0. The molecule has 4 rings (SSSR count). The number of carbonyl (C=O) groups is 2. The molecule has 1 saturated heterocycles. The summed E-state index contributed by atoms with van der Waals surface area (Å²) in [4.78, 5) is 31.7. The van der Waals surface area contributed by atoms with Gasteiger partial charge in [-0.1, -0.05) is 42.5 Å². The first-order valence-corrected chi connectivity index (χ1v) is 10.9. The van der Waals surface area contributed by atoms with Crippen LogP contribution >= 0.6 is 0 Å². The molecule has 8 heteroatoms. The maximum Gasteiger partial charge on any atom is 0.321 e. The van der Waals surface area contributed by atoms with Crippen molar-refractivity contribution >= 4 is 17.6 Å². The smallest absolute Gasteiger partial charge is 0.321 e. The number of amides is 3. The van der Waals surface area contributed by atoms with Gasteiger partial charge in [0.25, 0.3) is 0 Å². The van der Waals surface area contributed by atoms with Crippen molar-refractivity contribution in [2.24, 2.45) is 5.92 Å². The van der Waals surface area contributed by atoms with Crippen molar-refractivity contribution in [1.29, 1.82) is 0 Å². The van der Waals surface area contributed by atoms with E-state index in [1.165, 1.54) is 6.33 Å². The molecule has 0 bridgehead atoms. The molecule has 2 heterocycles. The van der Waals surface area contributed by atoms with Crippen LogP contribution in [0.4, 0.5) is 10.5 Å². The fourth-order valence-corrected chi connectivity index (χ4v) is 4.02. The van der Waals surface area contributed by atoms with Gasteiger partial charge in [0.15, 0.2) is 0 Å². The van der Waals surface area contributed by atoms with Crippen molar-refractivity contribution in [1.82, 2.24) is 25.0 Å². The fraction of sp³-hybridized carbons (Fsp3) is 0.333. The maximum absolute atomic E-state index is 13.2. The van der Waals surface area contributed by atoms with Gasteiger partial charge in [0, 0.05) is 18.8 Å². The zero-order chi connectivity index (χ0) is 22.3. The molecule has 1 fully saturated rings. The molecule has 3 amide bonds. The lowest BCUT2D eigenvalue weighted by atomic mass is 9.96. The molecule has 0 saturated carbocycles. The minimum atomic E-state index is -0.256.